The molecular formula is C7H16NOP. The Hall–Kier alpha value is 0.350. The normalized spacial score (nSPS) is 35.1. The molecule has 1 heterocycles. The molecule has 1 aliphatic rings. The average Bonchev–Trinajstić information content (AvgIpc) is 2.13. The molecular weight excluding hydrogens is 145 g/mol. The number of rotatable bonds is 2. The molecule has 0 aliphatic carbocycles. The van der Waals surface area contributed by atoms with E-state index in [0.29, 0.717) is 6.10 Å². The molecule has 10 heavy (non-hydrogen) atoms. The van der Waals surface area contributed by atoms with E-state index in [0.717, 1.165) is 6.54 Å². The van der Waals surface area contributed by atoms with Crippen LogP contribution in [0.1, 0.15) is 20.3 Å². The molecule has 3 heteroatoms. The van der Waals surface area contributed by atoms with Gasteiger partial charge >= 0.3 is 0 Å². The first kappa shape index (κ1) is 8.45. The molecule has 1 rings (SSSR count). The van der Waals surface area contributed by atoms with Gasteiger partial charge in [-0.2, -0.15) is 0 Å². The summed E-state index contributed by atoms with van der Waals surface area (Å²) in [5.41, 5.74) is 0. The molecule has 2 nitrogen and oxygen atoms in total. The van der Waals surface area contributed by atoms with Gasteiger partial charge in [0.2, 0.25) is 0 Å². The van der Waals surface area contributed by atoms with E-state index in [4.69, 9.17) is 4.52 Å². The summed E-state index contributed by atoms with van der Waals surface area (Å²) in [6.07, 6.45) is 1.70. The van der Waals surface area contributed by atoms with Crippen molar-refractivity contribution in [3.8, 4) is 0 Å². The molecule has 60 valence electrons. The first-order valence-electron chi connectivity index (χ1n) is 3.89. The zero-order valence-corrected chi connectivity index (χ0v) is 7.90. The summed E-state index contributed by atoms with van der Waals surface area (Å²) >= 11 is 0. The van der Waals surface area contributed by atoms with Gasteiger partial charge in [-0.05, 0) is 20.0 Å². The molecule has 0 aromatic rings. The second-order valence-electron chi connectivity index (χ2n) is 2.79. The molecule has 1 saturated heterocycles. The third-order valence-corrected chi connectivity index (χ3v) is 3.51. The lowest BCUT2D eigenvalue weighted by atomic mass is 10.4. The molecule has 2 unspecified atom stereocenters. The van der Waals surface area contributed by atoms with Gasteiger partial charge in [0.15, 0.2) is 0 Å². The number of hydrogen-bond acceptors (Lipinski definition) is 2. The van der Waals surface area contributed by atoms with Crippen LogP contribution in [-0.4, -0.2) is 30.5 Å². The van der Waals surface area contributed by atoms with Crippen LogP contribution < -0.4 is 0 Å². The van der Waals surface area contributed by atoms with Crippen molar-refractivity contribution >= 4 is 8.30 Å². The Morgan fingerprint density at radius 1 is 1.70 bits per heavy atom. The Balaban J connectivity index is 2.31. The second-order valence-corrected chi connectivity index (χ2v) is 4.50. The Kier molecular flexibility index (Phi) is 3.09. The van der Waals surface area contributed by atoms with Crippen LogP contribution in [0.25, 0.3) is 0 Å². The molecule has 0 bridgehead atoms. The lowest BCUT2D eigenvalue weighted by Crippen LogP contribution is -2.17. The van der Waals surface area contributed by atoms with Gasteiger partial charge in [0.05, 0.1) is 6.10 Å². The molecule has 1 fully saturated rings. The van der Waals surface area contributed by atoms with E-state index in [9.17, 15) is 0 Å². The SMILES string of the molecule is CCCN1CC(C)OP1C. The summed E-state index contributed by atoms with van der Waals surface area (Å²) < 4.78 is 8.06. The summed E-state index contributed by atoms with van der Waals surface area (Å²) in [6.45, 7) is 8.89. The minimum atomic E-state index is -0.240. The summed E-state index contributed by atoms with van der Waals surface area (Å²) in [7, 11) is -0.240. The van der Waals surface area contributed by atoms with Crippen LogP contribution in [0.3, 0.4) is 0 Å². The van der Waals surface area contributed by atoms with E-state index in [1.165, 1.54) is 13.0 Å². The van der Waals surface area contributed by atoms with Gasteiger partial charge in [-0.15, -0.1) is 0 Å². The fourth-order valence-corrected chi connectivity index (χ4v) is 2.92. The fourth-order valence-electron chi connectivity index (χ4n) is 1.26. The van der Waals surface area contributed by atoms with Crippen LogP contribution in [0, 0.1) is 0 Å². The van der Waals surface area contributed by atoms with E-state index in [1.54, 1.807) is 0 Å². The third kappa shape index (κ3) is 1.91. The van der Waals surface area contributed by atoms with Crippen molar-refractivity contribution in [3.05, 3.63) is 0 Å². The maximum Gasteiger partial charge on any atom is 0.101 e. The second kappa shape index (κ2) is 3.66. The van der Waals surface area contributed by atoms with Gasteiger partial charge in [0.25, 0.3) is 0 Å². The first-order valence-corrected chi connectivity index (χ1v) is 5.55. The summed E-state index contributed by atoms with van der Waals surface area (Å²) in [5, 5.41) is 0. The van der Waals surface area contributed by atoms with Crippen molar-refractivity contribution in [1.29, 1.82) is 0 Å². The third-order valence-electron chi connectivity index (χ3n) is 1.68. The minimum Gasteiger partial charge on any atom is -0.340 e. The van der Waals surface area contributed by atoms with E-state index >= 15 is 0 Å². The summed E-state index contributed by atoms with van der Waals surface area (Å²) in [6, 6.07) is 0. The topological polar surface area (TPSA) is 12.5 Å². The predicted molar refractivity (Wildman–Crippen MR) is 45.3 cm³/mol. The molecule has 0 aromatic carbocycles. The summed E-state index contributed by atoms with van der Waals surface area (Å²) in [5.74, 6) is 0. The predicted octanol–water partition coefficient (Wildman–Crippen LogP) is 2.06. The van der Waals surface area contributed by atoms with E-state index < -0.39 is 0 Å². The highest BCUT2D eigenvalue weighted by molar-refractivity contribution is 7.49. The van der Waals surface area contributed by atoms with Crippen molar-refractivity contribution in [2.45, 2.75) is 26.4 Å². The van der Waals surface area contributed by atoms with Crippen LogP contribution in [0.15, 0.2) is 0 Å². The molecule has 2 atom stereocenters. The quantitative estimate of drug-likeness (QED) is 0.575. The van der Waals surface area contributed by atoms with Crippen molar-refractivity contribution in [3.63, 3.8) is 0 Å². The largest absolute Gasteiger partial charge is 0.340 e. The molecule has 0 N–H and O–H groups in total. The van der Waals surface area contributed by atoms with Crippen molar-refractivity contribution in [2.24, 2.45) is 0 Å². The van der Waals surface area contributed by atoms with Gasteiger partial charge < -0.3 is 4.52 Å². The van der Waals surface area contributed by atoms with Crippen molar-refractivity contribution < 1.29 is 4.52 Å². The Morgan fingerprint density at radius 3 is 2.80 bits per heavy atom. The van der Waals surface area contributed by atoms with Gasteiger partial charge in [-0.3, -0.25) is 4.67 Å². The lowest BCUT2D eigenvalue weighted by molar-refractivity contribution is 0.278. The van der Waals surface area contributed by atoms with Gasteiger partial charge in [-0.1, -0.05) is 6.92 Å². The molecule has 0 amide bonds. The van der Waals surface area contributed by atoms with E-state index in [2.05, 4.69) is 25.2 Å². The Bertz CT molecular complexity index is 110. The Morgan fingerprint density at radius 2 is 2.40 bits per heavy atom. The number of nitrogens with zero attached hydrogens (tertiary/aromatic N) is 1. The maximum absolute atomic E-state index is 5.62. The highest BCUT2D eigenvalue weighted by Crippen LogP contribution is 2.44. The van der Waals surface area contributed by atoms with Crippen LogP contribution in [0.4, 0.5) is 0 Å². The number of hydrogen-bond donors (Lipinski definition) is 0. The molecule has 0 saturated carbocycles. The maximum atomic E-state index is 5.62. The van der Waals surface area contributed by atoms with Crippen LogP contribution in [0.2, 0.25) is 0 Å². The van der Waals surface area contributed by atoms with Crippen LogP contribution in [0.5, 0.6) is 0 Å². The zero-order chi connectivity index (χ0) is 7.56. The average molecular weight is 161 g/mol. The molecule has 1 aliphatic heterocycles. The van der Waals surface area contributed by atoms with Gasteiger partial charge in [0, 0.05) is 13.1 Å². The van der Waals surface area contributed by atoms with Gasteiger partial charge in [-0.25, -0.2) is 0 Å². The van der Waals surface area contributed by atoms with Crippen molar-refractivity contribution in [2.75, 3.05) is 19.8 Å². The minimum absolute atomic E-state index is 0.240. The lowest BCUT2D eigenvalue weighted by Gasteiger charge is -2.16. The van der Waals surface area contributed by atoms with E-state index in [1.807, 2.05) is 0 Å². The molecule has 0 aromatic heterocycles. The smallest absolute Gasteiger partial charge is 0.101 e. The van der Waals surface area contributed by atoms with Crippen molar-refractivity contribution in [1.82, 2.24) is 4.67 Å². The monoisotopic (exact) mass is 161 g/mol. The summed E-state index contributed by atoms with van der Waals surface area (Å²) in [4.78, 5) is 0. The Labute approximate surface area is 64.4 Å². The van der Waals surface area contributed by atoms with E-state index in [-0.39, 0.29) is 8.30 Å². The van der Waals surface area contributed by atoms with Crippen LogP contribution in [-0.2, 0) is 4.52 Å². The highest BCUT2D eigenvalue weighted by Gasteiger charge is 2.25. The van der Waals surface area contributed by atoms with Gasteiger partial charge in [0.1, 0.15) is 8.30 Å². The zero-order valence-electron chi connectivity index (χ0n) is 7.00. The highest BCUT2D eigenvalue weighted by atomic mass is 31.2. The van der Waals surface area contributed by atoms with Crippen LogP contribution >= 0.6 is 8.30 Å². The first-order chi connectivity index (χ1) is 4.74. The molecule has 0 spiro atoms. The molecule has 0 radical (unpaired) electrons. The fraction of sp³-hybridized carbons (Fsp3) is 1.00. The standard InChI is InChI=1S/C7H16NOP/c1-4-5-8-6-7(2)9-10(8)3/h7H,4-6H2,1-3H3.